The van der Waals surface area contributed by atoms with Gasteiger partial charge in [-0.15, -0.1) is 0 Å². The van der Waals surface area contributed by atoms with Crippen molar-refractivity contribution in [2.75, 3.05) is 0 Å². The van der Waals surface area contributed by atoms with Crippen LogP contribution in [0.15, 0.2) is 12.1 Å². The first-order chi connectivity index (χ1) is 7.54. The number of hydrogen-bond acceptors (Lipinski definition) is 1. The van der Waals surface area contributed by atoms with Crippen LogP contribution in [0.5, 0.6) is 5.75 Å². The van der Waals surface area contributed by atoms with Crippen molar-refractivity contribution in [2.45, 2.75) is 38.9 Å². The molecule has 0 N–H and O–H groups in total. The fourth-order valence-electron chi connectivity index (χ4n) is 1.01. The van der Waals surface area contributed by atoms with E-state index in [4.69, 9.17) is 39.2 Å². The minimum absolute atomic E-state index is 0.114. The van der Waals surface area contributed by atoms with E-state index in [9.17, 15) is 0 Å². The van der Waals surface area contributed by atoms with Crippen LogP contribution < -0.4 is 4.43 Å². The molecule has 5 heteroatoms. The Labute approximate surface area is 119 Å². The lowest BCUT2D eigenvalue weighted by Gasteiger charge is -2.36. The molecule has 0 amide bonds. The fraction of sp³-hybridized carbons (Fsp3) is 0.500. The standard InChI is InChI=1S/C12H17Cl3OSi/c1-12(2,3)17(4,5)16-11-7-9(14)8(13)6-10(11)15/h6-7H,1-5H3. The summed E-state index contributed by atoms with van der Waals surface area (Å²) in [7, 11) is -1.90. The van der Waals surface area contributed by atoms with Gasteiger partial charge in [-0.1, -0.05) is 55.6 Å². The lowest BCUT2D eigenvalue weighted by Crippen LogP contribution is -2.43. The van der Waals surface area contributed by atoms with Crippen molar-refractivity contribution in [2.24, 2.45) is 0 Å². The molecule has 0 atom stereocenters. The van der Waals surface area contributed by atoms with E-state index in [1.807, 2.05) is 0 Å². The van der Waals surface area contributed by atoms with Crippen LogP contribution in [0.25, 0.3) is 0 Å². The van der Waals surface area contributed by atoms with Crippen LogP contribution in [0.4, 0.5) is 0 Å². The van der Waals surface area contributed by atoms with Crippen LogP contribution in [-0.2, 0) is 0 Å². The molecular formula is C12H17Cl3OSi. The van der Waals surface area contributed by atoms with Crippen LogP contribution in [-0.4, -0.2) is 8.32 Å². The Bertz CT molecular complexity index is 424. The average Bonchev–Trinajstić information content (AvgIpc) is 2.12. The Morgan fingerprint density at radius 2 is 1.41 bits per heavy atom. The highest BCUT2D eigenvalue weighted by molar-refractivity contribution is 6.74. The Morgan fingerprint density at radius 1 is 0.941 bits per heavy atom. The first kappa shape index (κ1) is 15.2. The maximum Gasteiger partial charge on any atom is 0.250 e. The Morgan fingerprint density at radius 3 is 1.88 bits per heavy atom. The molecule has 1 nitrogen and oxygen atoms in total. The summed E-state index contributed by atoms with van der Waals surface area (Å²) in [5, 5.41) is 1.52. The molecule has 0 unspecified atom stereocenters. The maximum absolute atomic E-state index is 6.11. The van der Waals surface area contributed by atoms with Gasteiger partial charge in [0.05, 0.1) is 15.1 Å². The van der Waals surface area contributed by atoms with Crippen molar-refractivity contribution in [3.63, 3.8) is 0 Å². The summed E-state index contributed by atoms with van der Waals surface area (Å²) in [4.78, 5) is 0. The maximum atomic E-state index is 6.11. The number of halogens is 3. The highest BCUT2D eigenvalue weighted by Gasteiger charge is 2.39. The van der Waals surface area contributed by atoms with Crippen molar-refractivity contribution in [1.29, 1.82) is 0 Å². The summed E-state index contributed by atoms with van der Waals surface area (Å²) in [6, 6.07) is 3.31. The smallest absolute Gasteiger partial charge is 0.250 e. The van der Waals surface area contributed by atoms with Gasteiger partial charge in [0.1, 0.15) is 5.75 Å². The predicted molar refractivity (Wildman–Crippen MR) is 79.3 cm³/mol. The summed E-state index contributed by atoms with van der Waals surface area (Å²) in [5.74, 6) is 0.618. The van der Waals surface area contributed by atoms with E-state index in [1.54, 1.807) is 12.1 Å². The van der Waals surface area contributed by atoms with Gasteiger partial charge >= 0.3 is 0 Å². The van der Waals surface area contributed by atoms with E-state index in [2.05, 4.69) is 33.9 Å². The molecule has 0 radical (unpaired) electrons. The molecule has 0 bridgehead atoms. The quantitative estimate of drug-likeness (QED) is 0.478. The third kappa shape index (κ3) is 3.54. The van der Waals surface area contributed by atoms with E-state index in [1.165, 1.54) is 0 Å². The molecule has 0 fully saturated rings. The highest BCUT2D eigenvalue weighted by Crippen LogP contribution is 2.41. The van der Waals surface area contributed by atoms with Gasteiger partial charge in [-0.3, -0.25) is 0 Å². The Balaban J connectivity index is 3.08. The fourth-order valence-corrected chi connectivity index (χ4v) is 2.68. The monoisotopic (exact) mass is 310 g/mol. The molecular weight excluding hydrogens is 295 g/mol. The topological polar surface area (TPSA) is 9.23 Å². The normalized spacial score (nSPS) is 12.7. The van der Waals surface area contributed by atoms with Gasteiger partial charge in [0.15, 0.2) is 0 Å². The molecule has 0 aliphatic carbocycles. The van der Waals surface area contributed by atoms with Gasteiger partial charge in [0.2, 0.25) is 0 Å². The molecule has 0 heterocycles. The highest BCUT2D eigenvalue weighted by atomic mass is 35.5. The van der Waals surface area contributed by atoms with Crippen molar-refractivity contribution >= 4 is 43.1 Å². The number of hydrogen-bond donors (Lipinski definition) is 0. The van der Waals surface area contributed by atoms with Crippen LogP contribution in [0.2, 0.25) is 33.2 Å². The van der Waals surface area contributed by atoms with E-state index in [-0.39, 0.29) is 5.04 Å². The lowest BCUT2D eigenvalue weighted by molar-refractivity contribution is 0.492. The molecule has 0 saturated carbocycles. The van der Waals surface area contributed by atoms with E-state index < -0.39 is 8.32 Å². The summed E-state index contributed by atoms with van der Waals surface area (Å²) >= 11 is 18.0. The van der Waals surface area contributed by atoms with Crippen molar-refractivity contribution in [1.82, 2.24) is 0 Å². The molecule has 1 aromatic carbocycles. The average molecular weight is 312 g/mol. The Hall–Kier alpha value is 0.107. The van der Waals surface area contributed by atoms with Gasteiger partial charge in [-0.2, -0.15) is 0 Å². The third-order valence-electron chi connectivity index (χ3n) is 3.15. The van der Waals surface area contributed by atoms with Crippen LogP contribution in [0.1, 0.15) is 20.8 Å². The van der Waals surface area contributed by atoms with E-state index in [0.29, 0.717) is 20.8 Å². The molecule has 0 aliphatic heterocycles. The van der Waals surface area contributed by atoms with E-state index >= 15 is 0 Å². The number of rotatable bonds is 2. The van der Waals surface area contributed by atoms with Gasteiger partial charge in [-0.05, 0) is 24.2 Å². The first-order valence-corrected chi connectivity index (χ1v) is 9.42. The molecule has 0 spiro atoms. The molecule has 0 saturated heterocycles. The van der Waals surface area contributed by atoms with E-state index in [0.717, 1.165) is 0 Å². The zero-order valence-corrected chi connectivity index (χ0v) is 14.0. The first-order valence-electron chi connectivity index (χ1n) is 5.38. The summed E-state index contributed by atoms with van der Waals surface area (Å²) in [5.41, 5.74) is 0. The lowest BCUT2D eigenvalue weighted by atomic mass is 10.2. The van der Waals surface area contributed by atoms with Crippen molar-refractivity contribution in [3.05, 3.63) is 27.2 Å². The molecule has 1 aromatic rings. The number of benzene rings is 1. The largest absolute Gasteiger partial charge is 0.542 e. The van der Waals surface area contributed by atoms with Gasteiger partial charge in [0.25, 0.3) is 8.32 Å². The van der Waals surface area contributed by atoms with Gasteiger partial charge < -0.3 is 4.43 Å². The Kier molecular flexibility index (Phi) is 4.46. The van der Waals surface area contributed by atoms with Crippen LogP contribution >= 0.6 is 34.8 Å². The zero-order valence-electron chi connectivity index (χ0n) is 10.7. The third-order valence-corrected chi connectivity index (χ3v) is 8.51. The van der Waals surface area contributed by atoms with Crippen LogP contribution in [0.3, 0.4) is 0 Å². The SMILES string of the molecule is CC(C)(C)[Si](C)(C)Oc1cc(Cl)c(Cl)cc1Cl. The zero-order chi connectivity index (χ0) is 13.4. The molecule has 96 valence electrons. The van der Waals surface area contributed by atoms with Crippen LogP contribution in [0, 0.1) is 0 Å². The summed E-state index contributed by atoms with van der Waals surface area (Å²) in [6.07, 6.45) is 0. The predicted octanol–water partition coefficient (Wildman–Crippen LogP) is 6.03. The second kappa shape index (κ2) is 5.00. The second-order valence-electron chi connectivity index (χ2n) is 5.56. The summed E-state index contributed by atoms with van der Waals surface area (Å²) < 4.78 is 6.10. The van der Waals surface area contributed by atoms with Crippen molar-refractivity contribution in [3.8, 4) is 5.75 Å². The molecule has 0 aliphatic rings. The molecule has 1 rings (SSSR count). The van der Waals surface area contributed by atoms with Gasteiger partial charge in [0, 0.05) is 6.07 Å². The second-order valence-corrected chi connectivity index (χ2v) is 11.5. The van der Waals surface area contributed by atoms with Gasteiger partial charge in [-0.25, -0.2) is 0 Å². The molecule has 17 heavy (non-hydrogen) atoms. The molecule has 0 aromatic heterocycles. The minimum Gasteiger partial charge on any atom is -0.542 e. The van der Waals surface area contributed by atoms with Crippen molar-refractivity contribution < 1.29 is 4.43 Å². The summed E-state index contributed by atoms with van der Waals surface area (Å²) in [6.45, 7) is 10.8. The minimum atomic E-state index is -1.90.